The number of hydrogen-bond acceptors (Lipinski definition) is 4. The Hall–Kier alpha value is -2.66. The van der Waals surface area contributed by atoms with Gasteiger partial charge in [-0.3, -0.25) is 10.1 Å². The molecule has 0 unspecified atom stereocenters. The third-order valence-corrected chi connectivity index (χ3v) is 3.94. The van der Waals surface area contributed by atoms with Crippen molar-refractivity contribution < 1.29 is 9.53 Å². The molecule has 3 rings (SSSR count). The molecule has 2 aromatic carbocycles. The fourth-order valence-electron chi connectivity index (χ4n) is 2.08. The molecule has 0 aliphatic heterocycles. The average molecular weight is 324 g/mol. The van der Waals surface area contributed by atoms with Crippen LogP contribution in [0.1, 0.15) is 5.56 Å². The molecule has 1 aromatic heterocycles. The van der Waals surface area contributed by atoms with Crippen LogP contribution >= 0.6 is 11.3 Å². The first-order valence-corrected chi connectivity index (χ1v) is 8.09. The van der Waals surface area contributed by atoms with Crippen LogP contribution in [-0.4, -0.2) is 17.5 Å². The normalized spacial score (nSPS) is 10.3. The summed E-state index contributed by atoms with van der Waals surface area (Å²) in [5.41, 5.74) is 2.97. The van der Waals surface area contributed by atoms with Crippen LogP contribution in [0.25, 0.3) is 11.3 Å². The van der Waals surface area contributed by atoms with E-state index < -0.39 is 0 Å². The van der Waals surface area contributed by atoms with E-state index in [0.717, 1.165) is 16.8 Å². The summed E-state index contributed by atoms with van der Waals surface area (Å²) >= 11 is 1.40. The van der Waals surface area contributed by atoms with Crippen molar-refractivity contribution >= 4 is 22.4 Å². The summed E-state index contributed by atoms with van der Waals surface area (Å²) in [7, 11) is 0. The molecule has 4 nitrogen and oxygen atoms in total. The number of benzene rings is 2. The lowest BCUT2D eigenvalue weighted by atomic mass is 10.2. The Bertz CT molecular complexity index is 800. The highest BCUT2D eigenvalue weighted by Gasteiger charge is 2.08. The Morgan fingerprint density at radius 1 is 1.17 bits per heavy atom. The summed E-state index contributed by atoms with van der Waals surface area (Å²) in [4.78, 5) is 16.4. The third kappa shape index (κ3) is 4.17. The molecule has 116 valence electrons. The van der Waals surface area contributed by atoms with Gasteiger partial charge >= 0.3 is 0 Å². The largest absolute Gasteiger partial charge is 0.484 e. The van der Waals surface area contributed by atoms with Crippen LogP contribution in [0.2, 0.25) is 0 Å². The zero-order valence-electron chi connectivity index (χ0n) is 12.7. The maximum Gasteiger partial charge on any atom is 0.264 e. The Morgan fingerprint density at radius 3 is 2.78 bits per heavy atom. The lowest BCUT2D eigenvalue weighted by molar-refractivity contribution is -0.118. The Morgan fingerprint density at radius 2 is 2.00 bits per heavy atom. The summed E-state index contributed by atoms with van der Waals surface area (Å²) in [6.45, 7) is 1.94. The maximum atomic E-state index is 11.9. The van der Waals surface area contributed by atoms with Crippen molar-refractivity contribution in [1.82, 2.24) is 4.98 Å². The molecule has 0 fully saturated rings. The molecule has 3 aromatic rings. The van der Waals surface area contributed by atoms with Gasteiger partial charge in [-0.15, -0.1) is 11.3 Å². The van der Waals surface area contributed by atoms with Crippen LogP contribution in [0.4, 0.5) is 5.13 Å². The molecule has 0 radical (unpaired) electrons. The lowest BCUT2D eigenvalue weighted by Gasteiger charge is -2.06. The van der Waals surface area contributed by atoms with Crippen molar-refractivity contribution in [2.24, 2.45) is 0 Å². The predicted molar refractivity (Wildman–Crippen MR) is 92.9 cm³/mol. The Balaban J connectivity index is 1.57. The molecule has 23 heavy (non-hydrogen) atoms. The Kier molecular flexibility index (Phi) is 4.68. The number of anilines is 1. The highest BCUT2D eigenvalue weighted by atomic mass is 32.1. The topological polar surface area (TPSA) is 51.2 Å². The second kappa shape index (κ2) is 7.07. The van der Waals surface area contributed by atoms with Gasteiger partial charge in [0.05, 0.1) is 5.69 Å². The number of carbonyl (C=O) groups excluding carboxylic acids is 1. The first-order chi connectivity index (χ1) is 11.2. The molecular formula is C18H16N2O2S. The zero-order valence-corrected chi connectivity index (χ0v) is 13.5. The minimum absolute atomic E-state index is 0.0380. The van der Waals surface area contributed by atoms with E-state index in [4.69, 9.17) is 4.74 Å². The van der Waals surface area contributed by atoms with Gasteiger partial charge in [-0.25, -0.2) is 4.98 Å². The standard InChI is InChI=1S/C18H16N2O2S/c1-13-6-5-9-15(10-13)22-11-17(21)20-18-19-16(12-23-18)14-7-3-2-4-8-14/h2-10,12H,11H2,1H3,(H,19,20,21). The molecule has 0 saturated carbocycles. The van der Waals surface area contributed by atoms with Crippen LogP contribution in [0, 0.1) is 6.92 Å². The van der Waals surface area contributed by atoms with Crippen molar-refractivity contribution in [2.45, 2.75) is 6.92 Å². The number of aryl methyl sites for hydroxylation is 1. The number of amides is 1. The van der Waals surface area contributed by atoms with Crippen molar-refractivity contribution in [3.8, 4) is 17.0 Å². The first-order valence-electron chi connectivity index (χ1n) is 7.21. The molecule has 5 heteroatoms. The van der Waals surface area contributed by atoms with E-state index in [2.05, 4.69) is 10.3 Å². The van der Waals surface area contributed by atoms with Crippen LogP contribution in [0.3, 0.4) is 0 Å². The van der Waals surface area contributed by atoms with Gasteiger partial charge in [0.25, 0.3) is 5.91 Å². The number of nitrogens with zero attached hydrogens (tertiary/aromatic N) is 1. The van der Waals surface area contributed by atoms with Crippen LogP contribution in [0.5, 0.6) is 5.75 Å². The number of hydrogen-bond donors (Lipinski definition) is 1. The molecule has 0 bridgehead atoms. The van der Waals surface area contributed by atoms with Gasteiger partial charge in [-0.05, 0) is 24.6 Å². The fourth-order valence-corrected chi connectivity index (χ4v) is 2.82. The molecule has 0 atom stereocenters. The number of nitrogens with one attached hydrogen (secondary N) is 1. The molecule has 0 saturated heterocycles. The van der Waals surface area contributed by atoms with Crippen LogP contribution in [-0.2, 0) is 4.79 Å². The molecule has 0 aliphatic rings. The van der Waals surface area contributed by atoms with Gasteiger partial charge in [0.1, 0.15) is 5.75 Å². The van der Waals surface area contributed by atoms with E-state index in [0.29, 0.717) is 10.9 Å². The minimum atomic E-state index is -0.222. The van der Waals surface area contributed by atoms with Gasteiger partial charge in [0.15, 0.2) is 11.7 Å². The molecule has 1 N–H and O–H groups in total. The van der Waals surface area contributed by atoms with E-state index in [1.165, 1.54) is 11.3 Å². The SMILES string of the molecule is Cc1cccc(OCC(=O)Nc2nc(-c3ccccc3)cs2)c1. The zero-order chi connectivity index (χ0) is 16.1. The lowest BCUT2D eigenvalue weighted by Crippen LogP contribution is -2.20. The van der Waals surface area contributed by atoms with E-state index in [1.54, 1.807) is 0 Å². The third-order valence-electron chi connectivity index (χ3n) is 3.18. The second-order valence-corrected chi connectivity index (χ2v) is 5.92. The highest BCUT2D eigenvalue weighted by molar-refractivity contribution is 7.14. The molecule has 1 amide bonds. The van der Waals surface area contributed by atoms with E-state index in [1.807, 2.05) is 66.9 Å². The van der Waals surface area contributed by atoms with Gasteiger partial charge in [0, 0.05) is 10.9 Å². The highest BCUT2D eigenvalue weighted by Crippen LogP contribution is 2.24. The summed E-state index contributed by atoms with van der Waals surface area (Å²) < 4.78 is 5.48. The van der Waals surface area contributed by atoms with Crippen LogP contribution < -0.4 is 10.1 Å². The molecule has 0 spiro atoms. The van der Waals surface area contributed by atoms with Gasteiger partial charge in [0.2, 0.25) is 0 Å². The van der Waals surface area contributed by atoms with Gasteiger partial charge in [-0.1, -0.05) is 42.5 Å². The first kappa shape index (κ1) is 15.2. The maximum absolute atomic E-state index is 11.9. The summed E-state index contributed by atoms with van der Waals surface area (Å²) in [5, 5.41) is 5.25. The van der Waals surface area contributed by atoms with Crippen molar-refractivity contribution in [3.63, 3.8) is 0 Å². The number of carbonyl (C=O) groups is 1. The summed E-state index contributed by atoms with van der Waals surface area (Å²) in [5.74, 6) is 0.463. The number of aromatic nitrogens is 1. The van der Waals surface area contributed by atoms with Crippen molar-refractivity contribution in [2.75, 3.05) is 11.9 Å². The van der Waals surface area contributed by atoms with Crippen LogP contribution in [0.15, 0.2) is 60.0 Å². The van der Waals surface area contributed by atoms with Gasteiger partial charge < -0.3 is 4.74 Å². The second-order valence-electron chi connectivity index (χ2n) is 5.06. The fraction of sp³-hybridized carbons (Fsp3) is 0.111. The smallest absolute Gasteiger partial charge is 0.264 e. The van der Waals surface area contributed by atoms with E-state index >= 15 is 0 Å². The van der Waals surface area contributed by atoms with Crippen molar-refractivity contribution in [1.29, 1.82) is 0 Å². The van der Waals surface area contributed by atoms with Gasteiger partial charge in [-0.2, -0.15) is 0 Å². The summed E-state index contributed by atoms with van der Waals surface area (Å²) in [6.07, 6.45) is 0. The Labute approximate surface area is 138 Å². The minimum Gasteiger partial charge on any atom is -0.484 e. The average Bonchev–Trinajstić information content (AvgIpc) is 3.02. The van der Waals surface area contributed by atoms with E-state index in [-0.39, 0.29) is 12.5 Å². The number of rotatable bonds is 5. The van der Waals surface area contributed by atoms with E-state index in [9.17, 15) is 4.79 Å². The van der Waals surface area contributed by atoms with Crippen molar-refractivity contribution in [3.05, 3.63) is 65.5 Å². The monoisotopic (exact) mass is 324 g/mol. The molecular weight excluding hydrogens is 308 g/mol. The number of ether oxygens (including phenoxy) is 1. The predicted octanol–water partition coefficient (Wildman–Crippen LogP) is 4.14. The molecule has 1 heterocycles. The number of thiazole rings is 1. The quantitative estimate of drug-likeness (QED) is 0.767. The summed E-state index contributed by atoms with van der Waals surface area (Å²) in [6, 6.07) is 17.5. The molecule has 0 aliphatic carbocycles.